The van der Waals surface area contributed by atoms with E-state index in [9.17, 15) is 9.59 Å². The number of nitrogens with zero attached hydrogens (tertiary/aromatic N) is 1. The standard InChI is InChI=1S/C20H28N2O3/c23-19(22-13-5-2-6-14-22)15-25-18-11-9-16(10-12-18)20(24)21-17-7-3-1-4-8-17/h9-12,17H,1-8,13-15H2,(H,21,24). The van der Waals surface area contributed by atoms with E-state index in [4.69, 9.17) is 4.74 Å². The summed E-state index contributed by atoms with van der Waals surface area (Å²) in [5.74, 6) is 0.640. The van der Waals surface area contributed by atoms with Crippen LogP contribution in [0.1, 0.15) is 61.7 Å². The number of piperidine rings is 1. The molecule has 2 aliphatic rings. The smallest absolute Gasteiger partial charge is 0.260 e. The molecule has 2 amide bonds. The van der Waals surface area contributed by atoms with E-state index in [0.29, 0.717) is 17.4 Å². The van der Waals surface area contributed by atoms with Crippen molar-refractivity contribution in [3.63, 3.8) is 0 Å². The number of benzene rings is 1. The van der Waals surface area contributed by atoms with Gasteiger partial charge in [-0.15, -0.1) is 0 Å². The minimum Gasteiger partial charge on any atom is -0.484 e. The summed E-state index contributed by atoms with van der Waals surface area (Å²) in [4.78, 5) is 26.3. The van der Waals surface area contributed by atoms with Crippen LogP contribution in [-0.4, -0.2) is 42.5 Å². The Balaban J connectivity index is 1.46. The molecule has 1 saturated heterocycles. The van der Waals surface area contributed by atoms with Crippen LogP contribution in [0.5, 0.6) is 5.75 Å². The third-order valence-corrected chi connectivity index (χ3v) is 5.13. The fraction of sp³-hybridized carbons (Fsp3) is 0.600. The largest absolute Gasteiger partial charge is 0.484 e. The van der Waals surface area contributed by atoms with Gasteiger partial charge in [0.15, 0.2) is 6.61 Å². The molecule has 0 spiro atoms. The summed E-state index contributed by atoms with van der Waals surface area (Å²) < 4.78 is 5.58. The van der Waals surface area contributed by atoms with Crippen molar-refractivity contribution in [1.82, 2.24) is 10.2 Å². The predicted molar refractivity (Wildman–Crippen MR) is 96.7 cm³/mol. The maximum atomic E-state index is 12.3. The quantitative estimate of drug-likeness (QED) is 0.893. The molecule has 5 heteroatoms. The zero-order chi connectivity index (χ0) is 17.5. The summed E-state index contributed by atoms with van der Waals surface area (Å²) >= 11 is 0. The molecule has 1 aromatic rings. The molecule has 0 aromatic heterocycles. The van der Waals surface area contributed by atoms with E-state index in [2.05, 4.69) is 5.32 Å². The average Bonchev–Trinajstić information content (AvgIpc) is 2.68. The minimum atomic E-state index is -0.0251. The lowest BCUT2D eigenvalue weighted by Gasteiger charge is -2.26. The first kappa shape index (κ1) is 17.8. The van der Waals surface area contributed by atoms with E-state index in [1.54, 1.807) is 24.3 Å². The Labute approximate surface area is 149 Å². The second-order valence-electron chi connectivity index (χ2n) is 7.06. The molecule has 5 nitrogen and oxygen atoms in total. The number of ether oxygens (including phenoxy) is 1. The first-order chi connectivity index (χ1) is 12.2. The zero-order valence-corrected chi connectivity index (χ0v) is 14.8. The summed E-state index contributed by atoms with van der Waals surface area (Å²) in [6, 6.07) is 7.36. The second-order valence-corrected chi connectivity index (χ2v) is 7.06. The van der Waals surface area contributed by atoms with Gasteiger partial charge in [-0.3, -0.25) is 9.59 Å². The third kappa shape index (κ3) is 5.21. The normalized spacial score (nSPS) is 18.6. The molecule has 136 valence electrons. The van der Waals surface area contributed by atoms with Gasteiger partial charge in [0.25, 0.3) is 11.8 Å². The van der Waals surface area contributed by atoms with Gasteiger partial charge in [0.2, 0.25) is 0 Å². The molecule has 0 radical (unpaired) electrons. The highest BCUT2D eigenvalue weighted by atomic mass is 16.5. The average molecular weight is 344 g/mol. The van der Waals surface area contributed by atoms with Crippen LogP contribution in [0, 0.1) is 0 Å². The predicted octanol–water partition coefficient (Wildman–Crippen LogP) is 3.14. The fourth-order valence-electron chi connectivity index (χ4n) is 3.60. The molecular formula is C20H28N2O3. The minimum absolute atomic E-state index is 0.0251. The van der Waals surface area contributed by atoms with E-state index in [1.807, 2.05) is 4.90 Å². The maximum absolute atomic E-state index is 12.3. The van der Waals surface area contributed by atoms with E-state index in [1.165, 1.54) is 25.7 Å². The van der Waals surface area contributed by atoms with Gasteiger partial charge in [0, 0.05) is 24.7 Å². The van der Waals surface area contributed by atoms with Crippen molar-refractivity contribution in [2.75, 3.05) is 19.7 Å². The highest BCUT2D eigenvalue weighted by Crippen LogP contribution is 2.18. The number of rotatable bonds is 5. The van der Waals surface area contributed by atoms with Crippen molar-refractivity contribution >= 4 is 11.8 Å². The van der Waals surface area contributed by atoms with Crippen molar-refractivity contribution in [1.29, 1.82) is 0 Å². The zero-order valence-electron chi connectivity index (χ0n) is 14.8. The first-order valence-corrected chi connectivity index (χ1v) is 9.54. The molecule has 1 aromatic carbocycles. The summed E-state index contributed by atoms with van der Waals surface area (Å²) in [6.45, 7) is 1.73. The molecule has 1 aliphatic carbocycles. The highest BCUT2D eigenvalue weighted by molar-refractivity contribution is 5.94. The third-order valence-electron chi connectivity index (χ3n) is 5.13. The highest BCUT2D eigenvalue weighted by Gasteiger charge is 2.18. The number of nitrogens with one attached hydrogen (secondary N) is 1. The van der Waals surface area contributed by atoms with Gasteiger partial charge in [-0.25, -0.2) is 0 Å². The van der Waals surface area contributed by atoms with Crippen LogP contribution < -0.4 is 10.1 Å². The monoisotopic (exact) mass is 344 g/mol. The van der Waals surface area contributed by atoms with E-state index < -0.39 is 0 Å². The lowest BCUT2D eigenvalue weighted by Crippen LogP contribution is -2.38. The molecule has 0 bridgehead atoms. The molecule has 1 aliphatic heterocycles. The van der Waals surface area contributed by atoms with Crippen LogP contribution in [0.15, 0.2) is 24.3 Å². The van der Waals surface area contributed by atoms with E-state index >= 15 is 0 Å². The fourth-order valence-corrected chi connectivity index (χ4v) is 3.60. The first-order valence-electron chi connectivity index (χ1n) is 9.54. The van der Waals surface area contributed by atoms with E-state index in [-0.39, 0.29) is 18.4 Å². The molecule has 1 saturated carbocycles. The lowest BCUT2D eigenvalue weighted by molar-refractivity contribution is -0.134. The van der Waals surface area contributed by atoms with Crippen LogP contribution >= 0.6 is 0 Å². The van der Waals surface area contributed by atoms with Crippen LogP contribution in [0.4, 0.5) is 0 Å². The molecule has 1 heterocycles. The van der Waals surface area contributed by atoms with E-state index in [0.717, 1.165) is 38.8 Å². The summed E-state index contributed by atoms with van der Waals surface area (Å²) in [7, 11) is 0. The molecule has 3 rings (SSSR count). The molecule has 2 fully saturated rings. The van der Waals surface area contributed by atoms with Gasteiger partial charge in [-0.1, -0.05) is 19.3 Å². The maximum Gasteiger partial charge on any atom is 0.260 e. The van der Waals surface area contributed by atoms with Gasteiger partial charge < -0.3 is 15.0 Å². The number of amides is 2. The van der Waals surface area contributed by atoms with Crippen LogP contribution in [0.2, 0.25) is 0 Å². The Morgan fingerprint density at radius 2 is 1.60 bits per heavy atom. The van der Waals surface area contributed by atoms with Gasteiger partial charge in [-0.05, 0) is 56.4 Å². The van der Waals surface area contributed by atoms with Gasteiger partial charge >= 0.3 is 0 Å². The Morgan fingerprint density at radius 1 is 0.960 bits per heavy atom. The summed E-state index contributed by atoms with van der Waals surface area (Å²) in [6.07, 6.45) is 9.18. The van der Waals surface area contributed by atoms with Crippen molar-refractivity contribution < 1.29 is 14.3 Å². The number of hydrogen-bond acceptors (Lipinski definition) is 3. The molecule has 0 unspecified atom stereocenters. The number of carbonyl (C=O) groups excluding carboxylic acids is 2. The topological polar surface area (TPSA) is 58.6 Å². The Morgan fingerprint density at radius 3 is 2.28 bits per heavy atom. The van der Waals surface area contributed by atoms with Crippen molar-refractivity contribution in [2.45, 2.75) is 57.4 Å². The van der Waals surface area contributed by atoms with Gasteiger partial charge in [0.1, 0.15) is 5.75 Å². The Kier molecular flexibility index (Phi) is 6.31. The molecule has 1 N–H and O–H groups in total. The van der Waals surface area contributed by atoms with Crippen LogP contribution in [0.25, 0.3) is 0 Å². The second kappa shape index (κ2) is 8.88. The number of hydrogen-bond donors (Lipinski definition) is 1. The lowest BCUT2D eigenvalue weighted by atomic mass is 9.95. The van der Waals surface area contributed by atoms with Crippen molar-refractivity contribution in [3.8, 4) is 5.75 Å². The molecular weight excluding hydrogens is 316 g/mol. The number of likely N-dealkylation sites (tertiary alicyclic amines) is 1. The van der Waals surface area contributed by atoms with Gasteiger partial charge in [0.05, 0.1) is 0 Å². The SMILES string of the molecule is O=C(NC1CCCCC1)c1ccc(OCC(=O)N2CCCCC2)cc1. The summed E-state index contributed by atoms with van der Waals surface area (Å²) in [5, 5.41) is 3.11. The van der Waals surface area contributed by atoms with Gasteiger partial charge in [-0.2, -0.15) is 0 Å². The van der Waals surface area contributed by atoms with Crippen LogP contribution in [0.3, 0.4) is 0 Å². The van der Waals surface area contributed by atoms with Crippen molar-refractivity contribution in [3.05, 3.63) is 29.8 Å². The molecule has 0 atom stereocenters. The van der Waals surface area contributed by atoms with Crippen LogP contribution in [-0.2, 0) is 4.79 Å². The number of carbonyl (C=O) groups is 2. The van der Waals surface area contributed by atoms with Crippen molar-refractivity contribution in [2.24, 2.45) is 0 Å². The summed E-state index contributed by atoms with van der Waals surface area (Å²) in [5.41, 5.74) is 0.639. The molecule has 25 heavy (non-hydrogen) atoms. The Hall–Kier alpha value is -2.04. The Bertz CT molecular complexity index is 573.